The first kappa shape index (κ1) is 15.9. The van der Waals surface area contributed by atoms with Gasteiger partial charge in [0.25, 0.3) is 0 Å². The lowest BCUT2D eigenvalue weighted by molar-refractivity contribution is 0.196. The van der Waals surface area contributed by atoms with Crippen molar-refractivity contribution >= 4 is 11.3 Å². The van der Waals surface area contributed by atoms with Crippen LogP contribution in [0.5, 0.6) is 0 Å². The van der Waals surface area contributed by atoms with Gasteiger partial charge >= 0.3 is 0 Å². The van der Waals surface area contributed by atoms with Gasteiger partial charge in [-0.15, -0.1) is 0 Å². The summed E-state index contributed by atoms with van der Waals surface area (Å²) in [4.78, 5) is 9.75. The Labute approximate surface area is 153 Å². The summed E-state index contributed by atoms with van der Waals surface area (Å²) < 4.78 is 7.17. The second kappa shape index (κ2) is 6.76. The normalized spacial score (nSPS) is 21.7. The summed E-state index contributed by atoms with van der Waals surface area (Å²) in [5.41, 5.74) is 3.45. The largest absolute Gasteiger partial charge is 0.472 e. The van der Waals surface area contributed by atoms with E-state index < -0.39 is 0 Å². The first-order chi connectivity index (χ1) is 12.8. The van der Waals surface area contributed by atoms with Gasteiger partial charge in [0.15, 0.2) is 11.5 Å². The maximum absolute atomic E-state index is 5.20. The van der Waals surface area contributed by atoms with Gasteiger partial charge in [0.05, 0.1) is 24.4 Å². The van der Waals surface area contributed by atoms with Crippen LogP contribution in [-0.4, -0.2) is 45.7 Å². The Bertz CT molecular complexity index is 866. The second-order valence-corrected chi connectivity index (χ2v) is 7.56. The number of hydrogen-bond donors (Lipinski definition) is 0. The van der Waals surface area contributed by atoms with Crippen molar-refractivity contribution in [1.29, 1.82) is 0 Å². The molecule has 5 heterocycles. The van der Waals surface area contributed by atoms with E-state index in [1.807, 2.05) is 16.8 Å². The standard InChI is InChI=1S/C20H25N5O/c1-2-10-24(9-1)18-5-6-19-21-20(22-25(19)14-18)17-4-3-8-23(13-17)12-16-7-11-26-15-16/h5-7,11,14-15,17H,1-4,8-10,12-13H2/t17-/m0/s1. The van der Waals surface area contributed by atoms with Crippen molar-refractivity contribution in [3.05, 3.63) is 48.3 Å². The predicted octanol–water partition coefficient (Wildman–Crippen LogP) is 3.30. The smallest absolute Gasteiger partial charge is 0.156 e. The van der Waals surface area contributed by atoms with Gasteiger partial charge in [-0.3, -0.25) is 4.90 Å². The van der Waals surface area contributed by atoms with Crippen LogP contribution >= 0.6 is 0 Å². The Morgan fingerprint density at radius 3 is 2.85 bits per heavy atom. The number of likely N-dealkylation sites (tertiary alicyclic amines) is 1. The van der Waals surface area contributed by atoms with E-state index in [1.54, 1.807) is 6.26 Å². The van der Waals surface area contributed by atoms with Crippen LogP contribution in [0.25, 0.3) is 5.65 Å². The number of piperidine rings is 1. The summed E-state index contributed by atoms with van der Waals surface area (Å²) in [5, 5.41) is 4.83. The van der Waals surface area contributed by atoms with Gasteiger partial charge in [0, 0.05) is 37.7 Å². The molecule has 0 radical (unpaired) electrons. The summed E-state index contributed by atoms with van der Waals surface area (Å²) in [5.74, 6) is 1.39. The number of aromatic nitrogens is 3. The minimum atomic E-state index is 0.408. The first-order valence-electron chi connectivity index (χ1n) is 9.70. The van der Waals surface area contributed by atoms with Gasteiger partial charge in [-0.25, -0.2) is 9.50 Å². The Kier molecular flexibility index (Phi) is 4.13. The molecule has 0 bridgehead atoms. The Morgan fingerprint density at radius 2 is 2.00 bits per heavy atom. The van der Waals surface area contributed by atoms with Gasteiger partial charge < -0.3 is 9.32 Å². The van der Waals surface area contributed by atoms with Crippen LogP contribution in [0.4, 0.5) is 5.69 Å². The number of fused-ring (bicyclic) bond motifs is 1. The molecule has 2 fully saturated rings. The van der Waals surface area contributed by atoms with Crippen LogP contribution in [-0.2, 0) is 6.54 Å². The molecule has 6 nitrogen and oxygen atoms in total. The molecule has 0 spiro atoms. The number of nitrogens with zero attached hydrogens (tertiary/aromatic N) is 5. The van der Waals surface area contributed by atoms with Crippen LogP contribution in [0, 0.1) is 0 Å². The molecule has 2 saturated heterocycles. The van der Waals surface area contributed by atoms with Crippen molar-refractivity contribution in [3.63, 3.8) is 0 Å². The van der Waals surface area contributed by atoms with E-state index in [2.05, 4.69) is 28.1 Å². The van der Waals surface area contributed by atoms with E-state index in [4.69, 9.17) is 14.5 Å². The summed E-state index contributed by atoms with van der Waals surface area (Å²) in [7, 11) is 0. The molecule has 0 saturated carbocycles. The fraction of sp³-hybridized carbons (Fsp3) is 0.500. The zero-order chi connectivity index (χ0) is 17.3. The Balaban J connectivity index is 1.34. The van der Waals surface area contributed by atoms with Crippen LogP contribution in [0.15, 0.2) is 41.3 Å². The van der Waals surface area contributed by atoms with E-state index in [1.165, 1.54) is 30.5 Å². The molecular formula is C20H25N5O. The van der Waals surface area contributed by atoms with Crippen molar-refractivity contribution < 1.29 is 4.42 Å². The zero-order valence-electron chi connectivity index (χ0n) is 15.0. The highest BCUT2D eigenvalue weighted by Crippen LogP contribution is 2.27. The molecule has 2 aliphatic heterocycles. The third kappa shape index (κ3) is 3.09. The molecule has 1 atom stereocenters. The van der Waals surface area contributed by atoms with Crippen LogP contribution < -0.4 is 4.90 Å². The van der Waals surface area contributed by atoms with Crippen LogP contribution in [0.3, 0.4) is 0 Å². The van der Waals surface area contributed by atoms with E-state index in [-0.39, 0.29) is 0 Å². The number of rotatable bonds is 4. The molecule has 3 aromatic rings. The Hall–Kier alpha value is -2.34. The maximum atomic E-state index is 5.20. The van der Waals surface area contributed by atoms with Crippen LogP contribution in [0.1, 0.15) is 43.0 Å². The lowest BCUT2D eigenvalue weighted by Crippen LogP contribution is -2.34. The summed E-state index contributed by atoms with van der Waals surface area (Å²) >= 11 is 0. The number of furan rings is 1. The molecule has 26 heavy (non-hydrogen) atoms. The molecule has 0 amide bonds. The van der Waals surface area contributed by atoms with E-state index in [0.29, 0.717) is 5.92 Å². The minimum Gasteiger partial charge on any atom is -0.472 e. The number of anilines is 1. The van der Waals surface area contributed by atoms with Gasteiger partial charge in [-0.2, -0.15) is 5.10 Å². The molecule has 2 aliphatic rings. The number of hydrogen-bond acceptors (Lipinski definition) is 5. The monoisotopic (exact) mass is 351 g/mol. The van der Waals surface area contributed by atoms with Gasteiger partial charge in [0.2, 0.25) is 0 Å². The zero-order valence-corrected chi connectivity index (χ0v) is 15.0. The fourth-order valence-electron chi connectivity index (χ4n) is 4.28. The minimum absolute atomic E-state index is 0.408. The predicted molar refractivity (Wildman–Crippen MR) is 100 cm³/mol. The topological polar surface area (TPSA) is 49.8 Å². The van der Waals surface area contributed by atoms with Crippen molar-refractivity contribution in [2.24, 2.45) is 0 Å². The van der Waals surface area contributed by atoms with Crippen molar-refractivity contribution in [2.75, 3.05) is 31.1 Å². The van der Waals surface area contributed by atoms with Crippen molar-refractivity contribution in [3.8, 4) is 0 Å². The fourth-order valence-corrected chi connectivity index (χ4v) is 4.28. The quantitative estimate of drug-likeness (QED) is 0.722. The highest BCUT2D eigenvalue weighted by Gasteiger charge is 2.25. The van der Waals surface area contributed by atoms with E-state index in [9.17, 15) is 0 Å². The Morgan fingerprint density at radius 1 is 1.08 bits per heavy atom. The molecule has 0 unspecified atom stereocenters. The summed E-state index contributed by atoms with van der Waals surface area (Å²) in [6, 6.07) is 6.34. The van der Waals surface area contributed by atoms with Crippen LogP contribution in [0.2, 0.25) is 0 Å². The molecule has 0 aliphatic carbocycles. The lowest BCUT2D eigenvalue weighted by Gasteiger charge is -2.30. The SMILES string of the molecule is c1cc(CN2CCC[C@H](c3nc4ccc(N5CCCC5)cn4n3)C2)co1. The van der Waals surface area contributed by atoms with Crippen molar-refractivity contribution in [1.82, 2.24) is 19.5 Å². The maximum Gasteiger partial charge on any atom is 0.156 e. The summed E-state index contributed by atoms with van der Waals surface area (Å²) in [6.45, 7) is 5.39. The molecular weight excluding hydrogens is 326 g/mol. The van der Waals surface area contributed by atoms with Gasteiger partial charge in [-0.05, 0) is 50.4 Å². The molecule has 0 aromatic carbocycles. The molecule has 0 N–H and O–H groups in total. The first-order valence-corrected chi connectivity index (χ1v) is 9.70. The third-order valence-electron chi connectivity index (χ3n) is 5.66. The molecule has 136 valence electrons. The second-order valence-electron chi connectivity index (χ2n) is 7.56. The third-order valence-corrected chi connectivity index (χ3v) is 5.66. The lowest BCUT2D eigenvalue weighted by atomic mass is 9.97. The highest BCUT2D eigenvalue weighted by molar-refractivity contribution is 5.51. The van der Waals surface area contributed by atoms with Gasteiger partial charge in [-0.1, -0.05) is 0 Å². The van der Waals surface area contributed by atoms with Gasteiger partial charge in [0.1, 0.15) is 0 Å². The average Bonchev–Trinajstić information content (AvgIpc) is 3.42. The molecule has 6 heteroatoms. The summed E-state index contributed by atoms with van der Waals surface area (Å²) in [6.07, 6.45) is 10.7. The number of pyridine rings is 1. The molecule has 5 rings (SSSR count). The average molecular weight is 351 g/mol. The van der Waals surface area contributed by atoms with E-state index in [0.717, 1.165) is 50.6 Å². The highest BCUT2D eigenvalue weighted by atomic mass is 16.3. The molecule has 3 aromatic heterocycles. The van der Waals surface area contributed by atoms with E-state index >= 15 is 0 Å². The van der Waals surface area contributed by atoms with Crippen molar-refractivity contribution in [2.45, 2.75) is 38.1 Å².